The molecule has 16 heavy (non-hydrogen) atoms. The smallest absolute Gasteiger partial charge is 0.252 e. The average molecular weight is 218 g/mol. The summed E-state index contributed by atoms with van der Waals surface area (Å²) in [5, 5.41) is 3.28. The number of nitrogens with one attached hydrogen (secondary N) is 1. The summed E-state index contributed by atoms with van der Waals surface area (Å²) in [6, 6.07) is 8.11. The second-order valence-corrected chi connectivity index (χ2v) is 5.04. The van der Waals surface area contributed by atoms with Crippen LogP contribution < -0.4 is 10.2 Å². The van der Waals surface area contributed by atoms with Gasteiger partial charge in [0.25, 0.3) is 5.91 Å². The summed E-state index contributed by atoms with van der Waals surface area (Å²) in [6.45, 7) is 7.91. The molecule has 3 nitrogen and oxygen atoms in total. The minimum atomic E-state index is -0.529. The predicted octanol–water partition coefficient (Wildman–Crippen LogP) is 2.63. The molecule has 0 aromatic heterocycles. The van der Waals surface area contributed by atoms with E-state index in [1.54, 1.807) is 0 Å². The zero-order chi connectivity index (χ0) is 11.9. The molecule has 1 aromatic carbocycles. The van der Waals surface area contributed by atoms with E-state index >= 15 is 0 Å². The monoisotopic (exact) mass is 218 g/mol. The summed E-state index contributed by atoms with van der Waals surface area (Å²) in [5.74, 6) is 0.126. The van der Waals surface area contributed by atoms with Crippen LogP contribution in [0, 0.1) is 0 Å². The minimum absolute atomic E-state index is 0.126. The summed E-state index contributed by atoms with van der Waals surface area (Å²) in [4.78, 5) is 14.2. The first-order valence-electron chi connectivity index (χ1n) is 5.64. The van der Waals surface area contributed by atoms with Crippen molar-refractivity contribution in [2.24, 2.45) is 0 Å². The largest absolute Gasteiger partial charge is 0.370 e. The summed E-state index contributed by atoms with van der Waals surface area (Å²) in [6.07, 6.45) is 0. The molecule has 1 aromatic rings. The van der Waals surface area contributed by atoms with E-state index in [-0.39, 0.29) is 11.9 Å². The van der Waals surface area contributed by atoms with Crippen molar-refractivity contribution in [1.29, 1.82) is 0 Å². The number of rotatable bonds is 1. The van der Waals surface area contributed by atoms with Gasteiger partial charge < -0.3 is 10.2 Å². The standard InChI is InChI=1S/C13H18N2O/c1-9(2)15-11-8-6-5-7-10(11)14-13(3,4)12(15)16/h5-9,14H,1-4H3. The molecule has 1 N–H and O–H groups in total. The van der Waals surface area contributed by atoms with Crippen molar-refractivity contribution < 1.29 is 4.79 Å². The number of carbonyl (C=O) groups excluding carboxylic acids is 1. The van der Waals surface area contributed by atoms with Crippen LogP contribution in [0.3, 0.4) is 0 Å². The molecule has 0 saturated heterocycles. The van der Waals surface area contributed by atoms with E-state index in [1.807, 2.05) is 56.9 Å². The number of hydrogen-bond donors (Lipinski definition) is 1. The van der Waals surface area contributed by atoms with Crippen molar-refractivity contribution in [3.8, 4) is 0 Å². The number of nitrogens with zero attached hydrogens (tertiary/aromatic N) is 1. The van der Waals surface area contributed by atoms with Gasteiger partial charge in [-0.05, 0) is 39.8 Å². The second kappa shape index (κ2) is 3.51. The lowest BCUT2D eigenvalue weighted by molar-refractivity contribution is -0.122. The number of carbonyl (C=O) groups is 1. The number of anilines is 2. The molecule has 1 heterocycles. The van der Waals surface area contributed by atoms with Crippen molar-refractivity contribution in [2.45, 2.75) is 39.3 Å². The van der Waals surface area contributed by atoms with E-state index in [1.165, 1.54) is 0 Å². The molecular formula is C13H18N2O. The first-order chi connectivity index (χ1) is 7.43. The average Bonchev–Trinajstić information content (AvgIpc) is 2.18. The molecular weight excluding hydrogens is 200 g/mol. The fourth-order valence-electron chi connectivity index (χ4n) is 2.10. The van der Waals surface area contributed by atoms with Crippen LogP contribution in [0.25, 0.3) is 0 Å². The van der Waals surface area contributed by atoms with Crippen LogP contribution >= 0.6 is 0 Å². The summed E-state index contributed by atoms with van der Waals surface area (Å²) in [7, 11) is 0. The summed E-state index contributed by atoms with van der Waals surface area (Å²) in [5.41, 5.74) is 1.47. The van der Waals surface area contributed by atoms with Gasteiger partial charge in [-0.2, -0.15) is 0 Å². The highest BCUT2D eigenvalue weighted by Gasteiger charge is 2.39. The molecule has 0 radical (unpaired) electrons. The van der Waals surface area contributed by atoms with Gasteiger partial charge in [0, 0.05) is 6.04 Å². The third kappa shape index (κ3) is 1.56. The Kier molecular flexibility index (Phi) is 2.41. The molecule has 3 heteroatoms. The molecule has 1 aliphatic rings. The van der Waals surface area contributed by atoms with Gasteiger partial charge in [0.05, 0.1) is 11.4 Å². The highest BCUT2D eigenvalue weighted by Crippen LogP contribution is 2.35. The van der Waals surface area contributed by atoms with Gasteiger partial charge in [-0.15, -0.1) is 0 Å². The third-order valence-corrected chi connectivity index (χ3v) is 2.88. The van der Waals surface area contributed by atoms with Crippen molar-refractivity contribution in [2.75, 3.05) is 10.2 Å². The second-order valence-electron chi connectivity index (χ2n) is 5.04. The van der Waals surface area contributed by atoms with Crippen molar-refractivity contribution >= 4 is 17.3 Å². The van der Waals surface area contributed by atoms with Gasteiger partial charge in [0.15, 0.2) is 0 Å². The van der Waals surface area contributed by atoms with Crippen LogP contribution in [-0.4, -0.2) is 17.5 Å². The van der Waals surface area contributed by atoms with Gasteiger partial charge in [-0.1, -0.05) is 12.1 Å². The number of benzene rings is 1. The number of hydrogen-bond acceptors (Lipinski definition) is 2. The van der Waals surface area contributed by atoms with Gasteiger partial charge >= 0.3 is 0 Å². The van der Waals surface area contributed by atoms with Crippen LogP contribution in [0.2, 0.25) is 0 Å². The van der Waals surface area contributed by atoms with E-state index in [4.69, 9.17) is 0 Å². The van der Waals surface area contributed by atoms with Gasteiger partial charge in [0.1, 0.15) is 5.54 Å². The molecule has 0 bridgehead atoms. The zero-order valence-corrected chi connectivity index (χ0v) is 10.2. The Hall–Kier alpha value is -1.51. The Morgan fingerprint density at radius 3 is 2.50 bits per heavy atom. The fraction of sp³-hybridized carbons (Fsp3) is 0.462. The Labute approximate surface area is 96.5 Å². The molecule has 0 fully saturated rings. The van der Waals surface area contributed by atoms with Crippen LogP contribution in [-0.2, 0) is 4.79 Å². The highest BCUT2D eigenvalue weighted by atomic mass is 16.2. The van der Waals surface area contributed by atoms with E-state index in [9.17, 15) is 4.79 Å². The zero-order valence-electron chi connectivity index (χ0n) is 10.2. The number of fused-ring (bicyclic) bond motifs is 1. The van der Waals surface area contributed by atoms with Gasteiger partial charge in [-0.3, -0.25) is 4.79 Å². The predicted molar refractivity (Wildman–Crippen MR) is 66.8 cm³/mol. The quantitative estimate of drug-likeness (QED) is 0.786. The Bertz CT molecular complexity index is 424. The lowest BCUT2D eigenvalue weighted by Crippen LogP contribution is -2.56. The molecule has 0 unspecified atom stereocenters. The van der Waals surface area contributed by atoms with Crippen LogP contribution in [0.4, 0.5) is 11.4 Å². The number of para-hydroxylation sites is 2. The van der Waals surface area contributed by atoms with Crippen LogP contribution in [0.15, 0.2) is 24.3 Å². The van der Waals surface area contributed by atoms with Crippen molar-refractivity contribution in [3.05, 3.63) is 24.3 Å². The normalized spacial score (nSPS) is 18.3. The molecule has 0 saturated carbocycles. The Morgan fingerprint density at radius 1 is 1.25 bits per heavy atom. The van der Waals surface area contributed by atoms with Gasteiger partial charge in [-0.25, -0.2) is 0 Å². The molecule has 86 valence electrons. The molecule has 2 rings (SSSR count). The van der Waals surface area contributed by atoms with E-state index < -0.39 is 5.54 Å². The van der Waals surface area contributed by atoms with Crippen LogP contribution in [0.5, 0.6) is 0 Å². The first kappa shape index (κ1) is 11.0. The lowest BCUT2D eigenvalue weighted by atomic mass is 9.97. The topological polar surface area (TPSA) is 32.3 Å². The Morgan fingerprint density at radius 2 is 1.88 bits per heavy atom. The fourth-order valence-corrected chi connectivity index (χ4v) is 2.10. The van der Waals surface area contributed by atoms with E-state index in [2.05, 4.69) is 5.32 Å². The Balaban J connectivity index is 2.56. The van der Waals surface area contributed by atoms with Crippen LogP contribution in [0.1, 0.15) is 27.7 Å². The molecule has 0 atom stereocenters. The minimum Gasteiger partial charge on any atom is -0.370 e. The molecule has 0 spiro atoms. The maximum Gasteiger partial charge on any atom is 0.252 e. The maximum absolute atomic E-state index is 12.3. The molecule has 0 aliphatic carbocycles. The third-order valence-electron chi connectivity index (χ3n) is 2.88. The van der Waals surface area contributed by atoms with E-state index in [0.717, 1.165) is 11.4 Å². The SMILES string of the molecule is CC(C)N1C(=O)C(C)(C)Nc2ccccc21. The molecule has 1 aliphatic heterocycles. The maximum atomic E-state index is 12.3. The van der Waals surface area contributed by atoms with Crippen molar-refractivity contribution in [1.82, 2.24) is 0 Å². The summed E-state index contributed by atoms with van der Waals surface area (Å²) >= 11 is 0. The summed E-state index contributed by atoms with van der Waals surface area (Å²) < 4.78 is 0. The van der Waals surface area contributed by atoms with Gasteiger partial charge in [0.2, 0.25) is 0 Å². The number of amides is 1. The first-order valence-corrected chi connectivity index (χ1v) is 5.64. The lowest BCUT2D eigenvalue weighted by Gasteiger charge is -2.41. The molecule has 1 amide bonds. The van der Waals surface area contributed by atoms with Crippen molar-refractivity contribution in [3.63, 3.8) is 0 Å². The van der Waals surface area contributed by atoms with E-state index in [0.29, 0.717) is 0 Å². The highest BCUT2D eigenvalue weighted by molar-refractivity contribution is 6.07.